The summed E-state index contributed by atoms with van der Waals surface area (Å²) in [5.74, 6) is -0.820. The molecule has 3 aromatic rings. The highest BCUT2D eigenvalue weighted by atomic mass is 32.1. The Hall–Kier alpha value is -2.91. The number of aliphatic carboxylic acids is 1. The third-order valence-electron chi connectivity index (χ3n) is 5.37. The average molecular weight is 492 g/mol. The maximum Gasteiger partial charge on any atom is 0.416 e. The molecule has 34 heavy (non-hydrogen) atoms. The summed E-state index contributed by atoms with van der Waals surface area (Å²) < 4.78 is 54.2. The van der Waals surface area contributed by atoms with Gasteiger partial charge >= 0.3 is 12.1 Å². The number of hydrogen-bond acceptors (Lipinski definition) is 5. The number of carbonyl (C=O) groups is 1. The zero-order valence-electron chi connectivity index (χ0n) is 18.9. The number of nitrogens with zero attached hydrogens (tertiary/aromatic N) is 1. The first kappa shape index (κ1) is 24.2. The molecule has 9 heteroatoms. The lowest BCUT2D eigenvalue weighted by atomic mass is 9.86. The molecule has 0 fully saturated rings. The van der Waals surface area contributed by atoms with Gasteiger partial charge in [-0.1, -0.05) is 12.1 Å². The average Bonchev–Trinajstić information content (AvgIpc) is 3.29. The number of alkyl halides is 3. The van der Waals surface area contributed by atoms with Crippen LogP contribution in [0, 0.1) is 0 Å². The predicted molar refractivity (Wildman–Crippen MR) is 123 cm³/mol. The molecule has 0 bridgehead atoms. The molecule has 2 aromatic carbocycles. The number of halogens is 3. The number of thiazole rings is 1. The Bertz CT molecular complexity index is 1200. The van der Waals surface area contributed by atoms with Crippen molar-refractivity contribution in [1.29, 1.82) is 0 Å². The molecule has 5 nitrogen and oxygen atoms in total. The molecule has 1 N–H and O–H groups in total. The fraction of sp³-hybridized carbons (Fsp3) is 0.360. The number of ether oxygens (including phenoxy) is 2. The first-order valence-corrected chi connectivity index (χ1v) is 11.6. The molecule has 1 aliphatic rings. The van der Waals surface area contributed by atoms with Gasteiger partial charge in [-0.2, -0.15) is 13.2 Å². The van der Waals surface area contributed by atoms with Gasteiger partial charge in [0.2, 0.25) is 0 Å². The predicted octanol–water partition coefficient (Wildman–Crippen LogP) is 6.76. The second-order valence-electron chi connectivity index (χ2n) is 9.01. The number of hydrogen-bond donors (Lipinski definition) is 1. The zero-order chi connectivity index (χ0) is 24.7. The molecule has 4 rings (SSSR count). The van der Waals surface area contributed by atoms with E-state index < -0.39 is 35.0 Å². The van der Waals surface area contributed by atoms with Gasteiger partial charge in [0.1, 0.15) is 10.8 Å². The molecular weight excluding hydrogens is 467 g/mol. The van der Waals surface area contributed by atoms with Crippen LogP contribution in [0.15, 0.2) is 41.9 Å². The molecule has 0 spiro atoms. The first-order chi connectivity index (χ1) is 16.0. The van der Waals surface area contributed by atoms with Crippen molar-refractivity contribution in [1.82, 2.24) is 4.98 Å². The van der Waals surface area contributed by atoms with E-state index in [9.17, 15) is 23.1 Å². The summed E-state index contributed by atoms with van der Waals surface area (Å²) in [5, 5.41) is 12.2. The van der Waals surface area contributed by atoms with Crippen LogP contribution in [-0.4, -0.2) is 28.3 Å². The Kier molecular flexibility index (Phi) is 6.44. The van der Waals surface area contributed by atoms with Crippen LogP contribution in [0.1, 0.15) is 50.0 Å². The molecule has 2 heterocycles. The minimum Gasteiger partial charge on any atom is -0.493 e. The van der Waals surface area contributed by atoms with E-state index in [1.54, 1.807) is 50.5 Å². The Morgan fingerprint density at radius 2 is 1.97 bits per heavy atom. The highest BCUT2D eigenvalue weighted by molar-refractivity contribution is 7.13. The van der Waals surface area contributed by atoms with Gasteiger partial charge < -0.3 is 14.6 Å². The number of carboxylic acids is 1. The van der Waals surface area contributed by atoms with Crippen LogP contribution in [0.4, 0.5) is 13.2 Å². The highest BCUT2D eigenvalue weighted by Crippen LogP contribution is 2.47. The van der Waals surface area contributed by atoms with Gasteiger partial charge in [0.15, 0.2) is 6.10 Å². The van der Waals surface area contributed by atoms with Crippen LogP contribution < -0.4 is 4.74 Å². The Morgan fingerprint density at radius 1 is 1.21 bits per heavy atom. The number of carboxylic acid groups (broad SMARTS) is 1. The molecular formula is C25H24F3NO4S. The van der Waals surface area contributed by atoms with Crippen molar-refractivity contribution in [3.8, 4) is 27.4 Å². The third kappa shape index (κ3) is 4.95. The van der Waals surface area contributed by atoms with Crippen LogP contribution in [0.5, 0.6) is 5.75 Å². The molecule has 0 amide bonds. The molecule has 1 unspecified atom stereocenters. The quantitative estimate of drug-likeness (QED) is 0.427. The molecule has 1 aliphatic heterocycles. The maximum absolute atomic E-state index is 14.3. The largest absolute Gasteiger partial charge is 0.493 e. The molecule has 1 aromatic heterocycles. The number of rotatable bonds is 5. The Morgan fingerprint density at radius 3 is 2.59 bits per heavy atom. The molecule has 0 aliphatic carbocycles. The third-order valence-corrected chi connectivity index (χ3v) is 6.18. The first-order valence-electron chi connectivity index (χ1n) is 10.8. The van der Waals surface area contributed by atoms with Gasteiger partial charge in [0.05, 0.1) is 17.8 Å². The number of benzene rings is 2. The standard InChI is InChI=1S/C25H24F3NO4S/c1-24(2,3)33-21(23(30)31)20-17(25(26,27)28)8-7-16(22-29-10-12-34-22)19(20)15-6-9-18-14(13-15)5-4-11-32-18/h6-10,12-13,21H,4-5,11H2,1-3H3,(H,30,31). The van der Waals surface area contributed by atoms with Crippen LogP contribution in [0.25, 0.3) is 21.7 Å². The van der Waals surface area contributed by atoms with Gasteiger partial charge in [-0.15, -0.1) is 11.3 Å². The fourth-order valence-corrected chi connectivity index (χ4v) is 4.76. The topological polar surface area (TPSA) is 68.7 Å². The van der Waals surface area contributed by atoms with Gasteiger partial charge in [0.25, 0.3) is 0 Å². The minimum atomic E-state index is -4.79. The SMILES string of the molecule is CC(C)(C)OC(C(=O)O)c1c(C(F)(F)F)ccc(-c2nccs2)c1-c1ccc2c(c1)CCCO2. The fourth-order valence-electron chi connectivity index (χ4n) is 4.09. The smallest absolute Gasteiger partial charge is 0.416 e. The van der Waals surface area contributed by atoms with Crippen LogP contribution in [-0.2, 0) is 22.1 Å². The number of aryl methyl sites for hydroxylation is 1. The summed E-state index contributed by atoms with van der Waals surface area (Å²) in [5.41, 5.74) is -0.606. The number of fused-ring (bicyclic) bond motifs is 1. The van der Waals surface area contributed by atoms with Gasteiger partial charge in [-0.05, 0) is 68.5 Å². The van der Waals surface area contributed by atoms with Crippen LogP contribution >= 0.6 is 11.3 Å². The summed E-state index contributed by atoms with van der Waals surface area (Å²) in [6, 6.07) is 7.43. The second kappa shape index (κ2) is 9.03. The van der Waals surface area contributed by atoms with Crippen molar-refractivity contribution in [3.63, 3.8) is 0 Å². The van der Waals surface area contributed by atoms with E-state index in [1.165, 1.54) is 17.4 Å². The Balaban J connectivity index is 2.08. The van der Waals surface area contributed by atoms with Crippen molar-refractivity contribution < 1.29 is 32.5 Å². The summed E-state index contributed by atoms with van der Waals surface area (Å²) in [6.07, 6.45) is -3.58. The van der Waals surface area contributed by atoms with E-state index in [0.29, 0.717) is 34.9 Å². The lowest BCUT2D eigenvalue weighted by molar-refractivity contribution is -0.163. The van der Waals surface area contributed by atoms with Crippen molar-refractivity contribution in [3.05, 3.63) is 58.6 Å². The van der Waals surface area contributed by atoms with Gasteiger partial charge in [-0.25, -0.2) is 9.78 Å². The van der Waals surface area contributed by atoms with E-state index in [0.717, 1.165) is 18.1 Å². The summed E-state index contributed by atoms with van der Waals surface area (Å²) in [4.78, 5) is 16.6. The van der Waals surface area contributed by atoms with Crippen molar-refractivity contribution in [2.45, 2.75) is 51.5 Å². The van der Waals surface area contributed by atoms with E-state index in [4.69, 9.17) is 9.47 Å². The minimum absolute atomic E-state index is 0.148. The number of aromatic nitrogens is 1. The van der Waals surface area contributed by atoms with Gasteiger partial charge in [0, 0.05) is 22.7 Å². The van der Waals surface area contributed by atoms with E-state index in [1.807, 2.05) is 0 Å². The Labute approximate surface area is 199 Å². The molecule has 180 valence electrons. The van der Waals surface area contributed by atoms with Crippen LogP contribution in [0.2, 0.25) is 0 Å². The monoisotopic (exact) mass is 491 g/mol. The van der Waals surface area contributed by atoms with E-state index >= 15 is 0 Å². The van der Waals surface area contributed by atoms with Crippen molar-refractivity contribution in [2.75, 3.05) is 6.61 Å². The molecule has 0 radical (unpaired) electrons. The maximum atomic E-state index is 14.3. The van der Waals surface area contributed by atoms with Gasteiger partial charge in [-0.3, -0.25) is 0 Å². The molecule has 0 saturated carbocycles. The summed E-state index contributed by atoms with van der Waals surface area (Å²) in [6.45, 7) is 5.40. The zero-order valence-corrected chi connectivity index (χ0v) is 19.7. The highest BCUT2D eigenvalue weighted by Gasteiger charge is 2.41. The van der Waals surface area contributed by atoms with E-state index in [-0.39, 0.29) is 5.56 Å². The van der Waals surface area contributed by atoms with Crippen molar-refractivity contribution in [2.24, 2.45) is 0 Å². The van der Waals surface area contributed by atoms with Crippen LogP contribution in [0.3, 0.4) is 0 Å². The molecule has 0 saturated heterocycles. The molecule has 1 atom stereocenters. The second-order valence-corrected chi connectivity index (χ2v) is 9.90. The summed E-state index contributed by atoms with van der Waals surface area (Å²) >= 11 is 1.26. The van der Waals surface area contributed by atoms with Crippen molar-refractivity contribution >= 4 is 17.3 Å². The lowest BCUT2D eigenvalue weighted by Crippen LogP contribution is -2.29. The summed E-state index contributed by atoms with van der Waals surface area (Å²) in [7, 11) is 0. The normalized spacial score (nSPS) is 14.9. The van der Waals surface area contributed by atoms with E-state index in [2.05, 4.69) is 4.98 Å². The lowest BCUT2D eigenvalue weighted by Gasteiger charge is -2.30.